The molecule has 0 fully saturated rings. The van der Waals surface area contributed by atoms with Gasteiger partial charge < -0.3 is 4.90 Å². The van der Waals surface area contributed by atoms with Crippen LogP contribution in [0.25, 0.3) is 16.4 Å². The monoisotopic (exact) mass is 406 g/mol. The zero-order valence-electron chi connectivity index (χ0n) is 14.6. The smallest absolute Gasteiger partial charge is 0.233 e. The Hall–Kier alpha value is -1.83. The van der Waals surface area contributed by atoms with Crippen LogP contribution in [0.2, 0.25) is 5.02 Å². The van der Waals surface area contributed by atoms with Gasteiger partial charge in [-0.2, -0.15) is 0 Å². The Morgan fingerprint density at radius 3 is 2.54 bits per heavy atom. The molecule has 0 aliphatic heterocycles. The van der Waals surface area contributed by atoms with E-state index in [1.54, 1.807) is 11.3 Å². The first-order valence-electron chi connectivity index (χ1n) is 8.29. The van der Waals surface area contributed by atoms with E-state index in [1.807, 2.05) is 65.1 Å². The standard InChI is InChI=1S/C18H19ClN4OS2/c1-3-22(4-2)16(24)12-26-18-21-20-17(15-6-5-11-25-15)23(18)14-9-7-13(19)8-10-14/h5-11H,3-4,12H2,1-2H3. The van der Waals surface area contributed by atoms with Gasteiger partial charge in [0.05, 0.1) is 10.6 Å². The number of thiophene rings is 1. The third kappa shape index (κ3) is 4.11. The van der Waals surface area contributed by atoms with Crippen molar-refractivity contribution in [3.8, 4) is 16.4 Å². The minimum absolute atomic E-state index is 0.100. The molecule has 0 saturated heterocycles. The number of nitrogens with zero attached hydrogens (tertiary/aromatic N) is 4. The van der Waals surface area contributed by atoms with Gasteiger partial charge in [0, 0.05) is 23.8 Å². The van der Waals surface area contributed by atoms with E-state index in [-0.39, 0.29) is 5.91 Å². The Morgan fingerprint density at radius 2 is 1.92 bits per heavy atom. The summed E-state index contributed by atoms with van der Waals surface area (Å²) in [6.45, 7) is 5.38. The third-order valence-corrected chi connectivity index (χ3v) is 5.93. The van der Waals surface area contributed by atoms with E-state index in [9.17, 15) is 4.79 Å². The molecule has 3 aromatic rings. The maximum Gasteiger partial charge on any atom is 0.233 e. The second-order valence-corrected chi connectivity index (χ2v) is 7.78. The zero-order valence-corrected chi connectivity index (χ0v) is 16.9. The molecule has 3 rings (SSSR count). The Kier molecular flexibility index (Phi) is 6.34. The van der Waals surface area contributed by atoms with Gasteiger partial charge >= 0.3 is 0 Å². The minimum Gasteiger partial charge on any atom is -0.343 e. The molecular weight excluding hydrogens is 388 g/mol. The number of hydrogen-bond acceptors (Lipinski definition) is 5. The van der Waals surface area contributed by atoms with E-state index in [4.69, 9.17) is 11.6 Å². The zero-order chi connectivity index (χ0) is 18.5. The molecule has 2 aromatic heterocycles. The SMILES string of the molecule is CCN(CC)C(=O)CSc1nnc(-c2cccs2)n1-c1ccc(Cl)cc1. The quantitative estimate of drug-likeness (QED) is 0.537. The molecule has 0 N–H and O–H groups in total. The topological polar surface area (TPSA) is 51.0 Å². The number of carbonyl (C=O) groups excluding carboxylic acids is 1. The Labute approximate surface area is 166 Å². The van der Waals surface area contributed by atoms with E-state index in [0.717, 1.165) is 16.4 Å². The molecule has 0 spiro atoms. The average Bonchev–Trinajstić information content (AvgIpc) is 3.31. The molecule has 0 aliphatic rings. The van der Waals surface area contributed by atoms with Crippen molar-refractivity contribution in [2.24, 2.45) is 0 Å². The van der Waals surface area contributed by atoms with Crippen LogP contribution in [0.15, 0.2) is 46.9 Å². The second-order valence-electron chi connectivity index (χ2n) is 5.45. The normalized spacial score (nSPS) is 10.9. The maximum atomic E-state index is 12.3. The van der Waals surface area contributed by atoms with E-state index >= 15 is 0 Å². The van der Waals surface area contributed by atoms with Gasteiger partial charge in [-0.05, 0) is 49.6 Å². The molecule has 0 radical (unpaired) electrons. The van der Waals surface area contributed by atoms with Crippen LogP contribution < -0.4 is 0 Å². The molecule has 1 aromatic carbocycles. The van der Waals surface area contributed by atoms with Crippen molar-refractivity contribution in [3.05, 3.63) is 46.8 Å². The summed E-state index contributed by atoms with van der Waals surface area (Å²) in [6, 6.07) is 11.5. The van der Waals surface area contributed by atoms with Gasteiger partial charge in [-0.15, -0.1) is 21.5 Å². The largest absolute Gasteiger partial charge is 0.343 e. The molecular formula is C18H19ClN4OS2. The number of benzene rings is 1. The van der Waals surface area contributed by atoms with Crippen molar-refractivity contribution in [2.45, 2.75) is 19.0 Å². The second kappa shape index (κ2) is 8.70. The molecule has 26 heavy (non-hydrogen) atoms. The summed E-state index contributed by atoms with van der Waals surface area (Å²) < 4.78 is 1.97. The summed E-state index contributed by atoms with van der Waals surface area (Å²) in [7, 11) is 0. The summed E-state index contributed by atoms with van der Waals surface area (Å²) >= 11 is 9.03. The number of hydrogen-bond donors (Lipinski definition) is 0. The van der Waals surface area contributed by atoms with E-state index in [2.05, 4.69) is 10.2 Å². The third-order valence-electron chi connectivity index (χ3n) is 3.90. The highest BCUT2D eigenvalue weighted by Crippen LogP contribution is 2.30. The van der Waals surface area contributed by atoms with Gasteiger partial charge in [-0.3, -0.25) is 9.36 Å². The van der Waals surface area contributed by atoms with Crippen LogP contribution in [-0.4, -0.2) is 44.4 Å². The molecule has 0 aliphatic carbocycles. The molecule has 136 valence electrons. The molecule has 0 atom stereocenters. The number of halogens is 1. The highest BCUT2D eigenvalue weighted by atomic mass is 35.5. The lowest BCUT2D eigenvalue weighted by Gasteiger charge is -2.18. The van der Waals surface area contributed by atoms with Crippen LogP contribution in [0.3, 0.4) is 0 Å². The summed E-state index contributed by atoms with van der Waals surface area (Å²) in [5.74, 6) is 1.20. The van der Waals surface area contributed by atoms with E-state index in [0.29, 0.717) is 29.0 Å². The summed E-state index contributed by atoms with van der Waals surface area (Å²) in [4.78, 5) is 15.2. The lowest BCUT2D eigenvalue weighted by atomic mass is 10.3. The van der Waals surface area contributed by atoms with Crippen LogP contribution >= 0.6 is 34.7 Å². The maximum absolute atomic E-state index is 12.3. The lowest BCUT2D eigenvalue weighted by Crippen LogP contribution is -2.31. The lowest BCUT2D eigenvalue weighted by molar-refractivity contribution is -0.127. The molecule has 5 nitrogen and oxygen atoms in total. The first-order chi connectivity index (χ1) is 12.6. The fourth-order valence-electron chi connectivity index (χ4n) is 2.55. The van der Waals surface area contributed by atoms with Gasteiger partial charge in [0.1, 0.15) is 0 Å². The van der Waals surface area contributed by atoms with Crippen LogP contribution in [0.1, 0.15) is 13.8 Å². The van der Waals surface area contributed by atoms with Crippen LogP contribution in [0.5, 0.6) is 0 Å². The first-order valence-corrected chi connectivity index (χ1v) is 10.5. The molecule has 1 amide bonds. The van der Waals surface area contributed by atoms with Crippen molar-refractivity contribution in [1.82, 2.24) is 19.7 Å². The minimum atomic E-state index is 0.100. The molecule has 2 heterocycles. The number of amides is 1. The molecule has 0 bridgehead atoms. The van der Waals surface area contributed by atoms with Crippen molar-refractivity contribution in [2.75, 3.05) is 18.8 Å². The van der Waals surface area contributed by atoms with Crippen molar-refractivity contribution >= 4 is 40.6 Å². The van der Waals surface area contributed by atoms with Gasteiger partial charge in [0.15, 0.2) is 11.0 Å². The van der Waals surface area contributed by atoms with E-state index in [1.165, 1.54) is 11.8 Å². The van der Waals surface area contributed by atoms with E-state index < -0.39 is 0 Å². The summed E-state index contributed by atoms with van der Waals surface area (Å²) in [6.07, 6.45) is 0. The number of carbonyl (C=O) groups is 1. The number of thioether (sulfide) groups is 1. The highest BCUT2D eigenvalue weighted by Gasteiger charge is 2.19. The van der Waals surface area contributed by atoms with Gasteiger partial charge in [0.25, 0.3) is 0 Å². The Balaban J connectivity index is 1.93. The van der Waals surface area contributed by atoms with Gasteiger partial charge in [0.2, 0.25) is 5.91 Å². The fraction of sp³-hybridized carbons (Fsp3) is 0.278. The summed E-state index contributed by atoms with van der Waals surface area (Å²) in [5.41, 5.74) is 0.917. The van der Waals surface area contributed by atoms with Crippen LogP contribution in [0.4, 0.5) is 0 Å². The predicted molar refractivity (Wildman–Crippen MR) is 108 cm³/mol. The highest BCUT2D eigenvalue weighted by molar-refractivity contribution is 7.99. The van der Waals surface area contributed by atoms with Crippen molar-refractivity contribution in [1.29, 1.82) is 0 Å². The predicted octanol–water partition coefficient (Wildman–Crippen LogP) is 4.61. The Morgan fingerprint density at radius 1 is 1.19 bits per heavy atom. The average molecular weight is 407 g/mol. The van der Waals surface area contributed by atoms with Crippen LogP contribution in [0, 0.1) is 0 Å². The van der Waals surface area contributed by atoms with Gasteiger partial charge in [-0.1, -0.05) is 29.4 Å². The van der Waals surface area contributed by atoms with Gasteiger partial charge in [-0.25, -0.2) is 0 Å². The van der Waals surface area contributed by atoms with Crippen LogP contribution in [-0.2, 0) is 4.79 Å². The summed E-state index contributed by atoms with van der Waals surface area (Å²) in [5, 5.41) is 12.1. The van der Waals surface area contributed by atoms with Crippen molar-refractivity contribution < 1.29 is 4.79 Å². The number of aromatic nitrogens is 3. The van der Waals surface area contributed by atoms with Crippen molar-refractivity contribution in [3.63, 3.8) is 0 Å². The fourth-order valence-corrected chi connectivity index (χ4v) is 4.22. The number of rotatable bonds is 7. The Bertz CT molecular complexity index is 858. The molecule has 0 saturated carbocycles. The molecule has 8 heteroatoms. The molecule has 0 unspecified atom stereocenters. The first kappa shape index (κ1) is 18.9.